The summed E-state index contributed by atoms with van der Waals surface area (Å²) in [6.45, 7) is 5.54. The molecule has 0 heterocycles. The average Bonchev–Trinajstić information content (AvgIpc) is 2.15. The number of rotatable bonds is 4. The summed E-state index contributed by atoms with van der Waals surface area (Å²) in [5, 5.41) is 0. The summed E-state index contributed by atoms with van der Waals surface area (Å²) >= 11 is 0. The molecule has 2 unspecified atom stereocenters. The normalized spacial score (nSPS) is 34.5. The molecule has 13 heavy (non-hydrogen) atoms. The Labute approximate surface area is 80.7 Å². The zero-order valence-corrected chi connectivity index (χ0v) is 8.71. The second-order valence-corrected chi connectivity index (χ2v) is 4.32. The quantitative estimate of drug-likeness (QED) is 0.627. The van der Waals surface area contributed by atoms with Crippen molar-refractivity contribution in [2.75, 3.05) is 13.2 Å². The second-order valence-electron chi connectivity index (χ2n) is 4.32. The first-order chi connectivity index (χ1) is 6.22. The zero-order chi connectivity index (χ0) is 9.73. The molecule has 0 amide bonds. The Morgan fingerprint density at radius 3 is 2.92 bits per heavy atom. The lowest BCUT2D eigenvalue weighted by Crippen LogP contribution is -2.34. The van der Waals surface area contributed by atoms with Crippen molar-refractivity contribution < 1.29 is 9.53 Å². The first-order valence-electron chi connectivity index (χ1n) is 5.26. The Bertz CT molecular complexity index is 167. The first-order valence-corrected chi connectivity index (χ1v) is 5.26. The molecular weight excluding hydrogens is 164 g/mol. The number of hydrogen-bond acceptors (Lipinski definition) is 2. The van der Waals surface area contributed by atoms with E-state index in [2.05, 4.69) is 6.92 Å². The van der Waals surface area contributed by atoms with E-state index >= 15 is 0 Å². The molecule has 1 fully saturated rings. The van der Waals surface area contributed by atoms with Gasteiger partial charge in [0.05, 0.1) is 6.61 Å². The van der Waals surface area contributed by atoms with Crippen LogP contribution in [-0.4, -0.2) is 19.5 Å². The Morgan fingerprint density at radius 1 is 1.62 bits per heavy atom. The average molecular weight is 184 g/mol. The van der Waals surface area contributed by atoms with E-state index < -0.39 is 0 Å². The molecule has 0 aromatic rings. The van der Waals surface area contributed by atoms with Gasteiger partial charge in [-0.15, -0.1) is 0 Å². The van der Waals surface area contributed by atoms with E-state index in [1.54, 1.807) is 0 Å². The fourth-order valence-electron chi connectivity index (χ4n) is 2.28. The number of ether oxygens (including phenoxy) is 1. The van der Waals surface area contributed by atoms with Gasteiger partial charge in [-0.2, -0.15) is 0 Å². The smallest absolute Gasteiger partial charge is 0.128 e. The van der Waals surface area contributed by atoms with E-state index in [9.17, 15) is 4.79 Å². The van der Waals surface area contributed by atoms with Gasteiger partial charge in [0.2, 0.25) is 0 Å². The van der Waals surface area contributed by atoms with Gasteiger partial charge in [-0.3, -0.25) is 0 Å². The largest absolute Gasteiger partial charge is 0.381 e. The van der Waals surface area contributed by atoms with E-state index in [-0.39, 0.29) is 5.41 Å². The monoisotopic (exact) mass is 184 g/mol. The molecular formula is C11H20O2. The minimum atomic E-state index is -0.159. The Balaban J connectivity index is 2.51. The van der Waals surface area contributed by atoms with Crippen LogP contribution in [0.2, 0.25) is 0 Å². The molecule has 0 aromatic carbocycles. The van der Waals surface area contributed by atoms with E-state index in [1.165, 1.54) is 12.8 Å². The van der Waals surface area contributed by atoms with Crippen LogP contribution in [0.1, 0.15) is 39.5 Å². The second kappa shape index (κ2) is 4.75. The van der Waals surface area contributed by atoms with Crippen molar-refractivity contribution in [2.45, 2.75) is 39.5 Å². The molecule has 1 rings (SSSR count). The van der Waals surface area contributed by atoms with E-state index in [0.717, 1.165) is 19.1 Å². The Hall–Kier alpha value is -0.370. The maximum absolute atomic E-state index is 11.1. The fraction of sp³-hybridized carbons (Fsp3) is 0.909. The van der Waals surface area contributed by atoms with Crippen LogP contribution < -0.4 is 0 Å². The summed E-state index contributed by atoms with van der Waals surface area (Å²) in [7, 11) is 0. The van der Waals surface area contributed by atoms with Crippen LogP contribution >= 0.6 is 0 Å². The Morgan fingerprint density at radius 2 is 2.38 bits per heavy atom. The van der Waals surface area contributed by atoms with E-state index in [1.807, 2.05) is 6.92 Å². The number of carbonyl (C=O) groups excluding carboxylic acids is 1. The van der Waals surface area contributed by atoms with Crippen LogP contribution in [0.3, 0.4) is 0 Å². The van der Waals surface area contributed by atoms with Crippen molar-refractivity contribution in [3.63, 3.8) is 0 Å². The third kappa shape index (κ3) is 2.80. The van der Waals surface area contributed by atoms with Gasteiger partial charge in [-0.1, -0.05) is 19.8 Å². The lowest BCUT2D eigenvalue weighted by atomic mass is 9.71. The minimum Gasteiger partial charge on any atom is -0.381 e. The molecule has 2 nitrogen and oxygen atoms in total. The number of hydrogen-bond donors (Lipinski definition) is 0. The van der Waals surface area contributed by atoms with Gasteiger partial charge < -0.3 is 9.53 Å². The maximum atomic E-state index is 11.1. The highest BCUT2D eigenvalue weighted by Crippen LogP contribution is 2.37. The van der Waals surface area contributed by atoms with Crippen LogP contribution in [0.4, 0.5) is 0 Å². The number of carbonyl (C=O) groups is 1. The molecule has 2 heteroatoms. The van der Waals surface area contributed by atoms with Crippen LogP contribution in [0.15, 0.2) is 0 Å². The van der Waals surface area contributed by atoms with Crippen molar-refractivity contribution in [3.05, 3.63) is 0 Å². The lowest BCUT2D eigenvalue weighted by molar-refractivity contribution is -0.123. The molecule has 0 saturated heterocycles. The third-order valence-electron chi connectivity index (χ3n) is 2.97. The molecule has 0 spiro atoms. The van der Waals surface area contributed by atoms with Crippen LogP contribution in [0, 0.1) is 11.3 Å². The van der Waals surface area contributed by atoms with Crippen molar-refractivity contribution in [2.24, 2.45) is 11.3 Å². The summed E-state index contributed by atoms with van der Waals surface area (Å²) in [4.78, 5) is 11.1. The predicted molar refractivity (Wildman–Crippen MR) is 52.6 cm³/mol. The number of aldehydes is 1. The molecule has 0 aliphatic heterocycles. The van der Waals surface area contributed by atoms with Crippen molar-refractivity contribution in [1.82, 2.24) is 0 Å². The first kappa shape index (κ1) is 10.7. The highest BCUT2D eigenvalue weighted by molar-refractivity contribution is 5.59. The van der Waals surface area contributed by atoms with Crippen LogP contribution in [-0.2, 0) is 9.53 Å². The summed E-state index contributed by atoms with van der Waals surface area (Å²) in [5.41, 5.74) is -0.159. The summed E-state index contributed by atoms with van der Waals surface area (Å²) in [6, 6.07) is 0. The van der Waals surface area contributed by atoms with Crippen molar-refractivity contribution in [1.29, 1.82) is 0 Å². The van der Waals surface area contributed by atoms with Gasteiger partial charge in [0.1, 0.15) is 6.29 Å². The van der Waals surface area contributed by atoms with E-state index in [4.69, 9.17) is 4.74 Å². The molecule has 1 aliphatic carbocycles. The minimum absolute atomic E-state index is 0.159. The third-order valence-corrected chi connectivity index (χ3v) is 2.97. The standard InChI is InChI=1S/C11H20O2/c1-3-13-9-11(8-12)6-4-5-10(2)7-11/h8,10H,3-7,9H2,1-2H3. The van der Waals surface area contributed by atoms with Crippen LogP contribution in [0.25, 0.3) is 0 Å². The zero-order valence-electron chi connectivity index (χ0n) is 8.71. The SMILES string of the molecule is CCOCC1(C=O)CCCC(C)C1. The van der Waals surface area contributed by atoms with Gasteiger partial charge in [0.15, 0.2) is 0 Å². The van der Waals surface area contributed by atoms with Gasteiger partial charge in [0.25, 0.3) is 0 Å². The molecule has 0 radical (unpaired) electrons. The molecule has 2 atom stereocenters. The Kier molecular flexibility index (Phi) is 3.91. The van der Waals surface area contributed by atoms with Gasteiger partial charge in [-0.25, -0.2) is 0 Å². The molecule has 0 aromatic heterocycles. The van der Waals surface area contributed by atoms with Crippen LogP contribution in [0.5, 0.6) is 0 Å². The molecule has 0 N–H and O–H groups in total. The van der Waals surface area contributed by atoms with Gasteiger partial charge in [0, 0.05) is 12.0 Å². The topological polar surface area (TPSA) is 26.3 Å². The summed E-state index contributed by atoms with van der Waals surface area (Å²) < 4.78 is 5.38. The highest BCUT2D eigenvalue weighted by Gasteiger charge is 2.34. The maximum Gasteiger partial charge on any atom is 0.128 e. The van der Waals surface area contributed by atoms with Gasteiger partial charge in [-0.05, 0) is 25.7 Å². The molecule has 0 bridgehead atoms. The molecule has 1 aliphatic rings. The molecule has 76 valence electrons. The fourth-order valence-corrected chi connectivity index (χ4v) is 2.28. The van der Waals surface area contributed by atoms with E-state index in [0.29, 0.717) is 19.1 Å². The molecule has 1 saturated carbocycles. The van der Waals surface area contributed by atoms with Crippen molar-refractivity contribution in [3.8, 4) is 0 Å². The van der Waals surface area contributed by atoms with Gasteiger partial charge >= 0.3 is 0 Å². The highest BCUT2D eigenvalue weighted by atomic mass is 16.5. The van der Waals surface area contributed by atoms with Crippen molar-refractivity contribution >= 4 is 6.29 Å². The lowest BCUT2D eigenvalue weighted by Gasteiger charge is -2.35. The predicted octanol–water partition coefficient (Wildman–Crippen LogP) is 2.42. The summed E-state index contributed by atoms with van der Waals surface area (Å²) in [6.07, 6.45) is 5.59. The summed E-state index contributed by atoms with van der Waals surface area (Å²) in [5.74, 6) is 0.680.